The number of hydrogen-bond donors (Lipinski definition) is 0. The largest absolute Gasteiger partial charge is 0.443 e. The summed E-state index contributed by atoms with van der Waals surface area (Å²) in [5.74, 6) is 0.158. The molecule has 5 nitrogen and oxygen atoms in total. The molecule has 0 N–H and O–H groups in total. The van der Waals surface area contributed by atoms with Gasteiger partial charge in [-0.2, -0.15) is 0 Å². The van der Waals surface area contributed by atoms with E-state index in [1.54, 1.807) is 0 Å². The van der Waals surface area contributed by atoms with Crippen molar-refractivity contribution in [2.45, 2.75) is 103 Å². The van der Waals surface area contributed by atoms with Gasteiger partial charge in [0.1, 0.15) is 11.7 Å². The summed E-state index contributed by atoms with van der Waals surface area (Å²) in [6.45, 7) is 12.0. The van der Waals surface area contributed by atoms with Gasteiger partial charge in [-0.05, 0) is 57.7 Å². The van der Waals surface area contributed by atoms with E-state index in [-0.39, 0.29) is 11.9 Å². The maximum absolute atomic E-state index is 12.8. The molecule has 1 saturated heterocycles. The molecule has 2 rings (SSSR count). The summed E-state index contributed by atoms with van der Waals surface area (Å²) in [7, 11) is -1.90. The molecule has 0 aromatic heterocycles. The third kappa shape index (κ3) is 4.27. The number of β-lactam (4-membered cyclic amide) rings is 1. The Hall–Kier alpha value is -0.883. The number of rotatable bonds is 6. The first-order valence-electron chi connectivity index (χ1n) is 9.92. The van der Waals surface area contributed by atoms with Crippen molar-refractivity contribution in [1.82, 2.24) is 4.90 Å². The Bertz CT molecular complexity index is 484. The van der Waals surface area contributed by atoms with Crippen molar-refractivity contribution in [3.8, 4) is 0 Å². The summed E-state index contributed by atoms with van der Waals surface area (Å²) in [5.41, 5.74) is -0.599. The van der Waals surface area contributed by atoms with Crippen LogP contribution in [0.3, 0.4) is 0 Å². The van der Waals surface area contributed by atoms with Gasteiger partial charge < -0.3 is 9.16 Å². The molecule has 0 aromatic rings. The predicted molar refractivity (Wildman–Crippen MR) is 101 cm³/mol. The van der Waals surface area contributed by atoms with Crippen molar-refractivity contribution in [2.75, 3.05) is 0 Å². The zero-order valence-corrected chi connectivity index (χ0v) is 17.8. The predicted octanol–water partition coefficient (Wildman–Crippen LogP) is 4.71. The molecule has 0 aromatic carbocycles. The Morgan fingerprint density at radius 2 is 1.64 bits per heavy atom. The minimum atomic E-state index is -1.90. The van der Waals surface area contributed by atoms with Crippen molar-refractivity contribution in [3.63, 3.8) is 0 Å². The minimum Gasteiger partial charge on any atom is -0.443 e. The maximum atomic E-state index is 12.8. The van der Waals surface area contributed by atoms with Crippen molar-refractivity contribution in [2.24, 2.45) is 5.92 Å². The molecule has 0 bridgehead atoms. The fourth-order valence-electron chi connectivity index (χ4n) is 4.15. The van der Waals surface area contributed by atoms with E-state index < -0.39 is 26.1 Å². The third-order valence-corrected chi connectivity index (χ3v) is 10.5. The van der Waals surface area contributed by atoms with E-state index >= 15 is 0 Å². The van der Waals surface area contributed by atoms with Crippen LogP contribution in [0.15, 0.2) is 0 Å². The second-order valence-electron chi connectivity index (χ2n) is 8.51. The molecule has 0 radical (unpaired) electrons. The second kappa shape index (κ2) is 7.78. The van der Waals surface area contributed by atoms with Gasteiger partial charge in [-0.3, -0.25) is 4.79 Å². The van der Waals surface area contributed by atoms with Crippen LogP contribution in [0.25, 0.3) is 0 Å². The zero-order valence-electron chi connectivity index (χ0n) is 16.8. The average Bonchev–Trinajstić information content (AvgIpc) is 3.05. The van der Waals surface area contributed by atoms with E-state index in [9.17, 15) is 9.59 Å². The van der Waals surface area contributed by atoms with E-state index in [2.05, 4.69) is 20.8 Å². The molecule has 1 heterocycles. The Morgan fingerprint density at radius 1 is 1.12 bits per heavy atom. The highest BCUT2D eigenvalue weighted by atomic mass is 28.4. The summed E-state index contributed by atoms with van der Waals surface area (Å²) >= 11 is 0. The number of amides is 2. The summed E-state index contributed by atoms with van der Waals surface area (Å²) in [6.07, 6.45) is 3.52. The van der Waals surface area contributed by atoms with Crippen molar-refractivity contribution in [3.05, 3.63) is 0 Å². The topological polar surface area (TPSA) is 55.8 Å². The number of imide groups is 1. The van der Waals surface area contributed by atoms with Crippen molar-refractivity contribution < 1.29 is 18.8 Å². The first kappa shape index (κ1) is 20.4. The number of ether oxygens (including phenoxy) is 1. The third-order valence-electron chi connectivity index (χ3n) is 5.87. The van der Waals surface area contributed by atoms with Gasteiger partial charge in [0, 0.05) is 0 Å². The van der Waals surface area contributed by atoms with Crippen molar-refractivity contribution in [1.29, 1.82) is 0 Å². The molecule has 2 atom stereocenters. The molecule has 0 spiro atoms. The average molecular weight is 370 g/mol. The maximum Gasteiger partial charge on any atom is 0.417 e. The number of carbonyl (C=O) groups is 2. The molecule has 0 unspecified atom stereocenters. The van der Waals surface area contributed by atoms with E-state index in [1.165, 1.54) is 17.7 Å². The van der Waals surface area contributed by atoms with Gasteiger partial charge in [0.25, 0.3) is 5.91 Å². The van der Waals surface area contributed by atoms with E-state index in [1.807, 2.05) is 20.8 Å². The highest BCUT2D eigenvalue weighted by molar-refractivity contribution is 6.73. The van der Waals surface area contributed by atoms with E-state index in [0.717, 1.165) is 31.0 Å². The summed E-state index contributed by atoms with van der Waals surface area (Å²) in [5, 5.41) is 0. The molecule has 1 aliphatic carbocycles. The number of likely N-dealkylation sites (tertiary alicyclic amines) is 1. The van der Waals surface area contributed by atoms with Crippen LogP contribution in [0, 0.1) is 5.92 Å². The number of nitrogens with zero attached hydrogens (tertiary/aromatic N) is 1. The van der Waals surface area contributed by atoms with Gasteiger partial charge >= 0.3 is 6.09 Å². The van der Waals surface area contributed by atoms with Crippen LogP contribution in [0.2, 0.25) is 18.1 Å². The Balaban J connectivity index is 2.20. The lowest BCUT2D eigenvalue weighted by atomic mass is 9.85. The molecule has 2 amide bonds. The Labute approximate surface area is 153 Å². The molecular weight excluding hydrogens is 334 g/mol. The zero-order chi connectivity index (χ0) is 18.8. The molecule has 2 aliphatic rings. The Kier molecular flexibility index (Phi) is 6.36. The normalized spacial score (nSPS) is 25.2. The van der Waals surface area contributed by atoms with Crippen LogP contribution >= 0.6 is 0 Å². The lowest BCUT2D eigenvalue weighted by Gasteiger charge is -2.50. The molecule has 144 valence electrons. The lowest BCUT2D eigenvalue weighted by Crippen LogP contribution is -2.72. The van der Waals surface area contributed by atoms with Gasteiger partial charge in [-0.1, -0.05) is 33.6 Å². The number of hydrogen-bond acceptors (Lipinski definition) is 4. The molecule has 6 heteroatoms. The summed E-state index contributed by atoms with van der Waals surface area (Å²) in [4.78, 5) is 26.7. The second-order valence-corrected chi connectivity index (χ2v) is 13.2. The molecule has 1 aliphatic heterocycles. The Morgan fingerprint density at radius 3 is 2.08 bits per heavy atom. The van der Waals surface area contributed by atoms with Crippen molar-refractivity contribution >= 4 is 20.3 Å². The van der Waals surface area contributed by atoms with E-state index in [4.69, 9.17) is 9.16 Å². The van der Waals surface area contributed by atoms with E-state index in [0.29, 0.717) is 5.92 Å². The van der Waals surface area contributed by atoms with Crippen LogP contribution in [0.1, 0.15) is 67.2 Å². The molecule has 25 heavy (non-hydrogen) atoms. The van der Waals surface area contributed by atoms with Gasteiger partial charge in [0.05, 0.1) is 6.04 Å². The van der Waals surface area contributed by atoms with Crippen LogP contribution in [-0.4, -0.2) is 43.0 Å². The first-order chi connectivity index (χ1) is 11.7. The van der Waals surface area contributed by atoms with Gasteiger partial charge in [-0.15, -0.1) is 0 Å². The van der Waals surface area contributed by atoms with Crippen LogP contribution < -0.4 is 0 Å². The quantitative estimate of drug-likeness (QED) is 0.502. The fraction of sp³-hybridized carbons (Fsp3) is 0.895. The van der Waals surface area contributed by atoms with Crippen LogP contribution in [0.4, 0.5) is 4.79 Å². The summed E-state index contributed by atoms with van der Waals surface area (Å²) in [6, 6.07) is 2.89. The lowest BCUT2D eigenvalue weighted by molar-refractivity contribution is -0.166. The molecule has 1 saturated carbocycles. The van der Waals surface area contributed by atoms with Gasteiger partial charge in [0.15, 0.2) is 8.32 Å². The number of carbonyl (C=O) groups excluding carboxylic acids is 2. The highest BCUT2D eigenvalue weighted by Gasteiger charge is 2.58. The first-order valence-corrected chi connectivity index (χ1v) is 12.4. The highest BCUT2D eigenvalue weighted by Crippen LogP contribution is 2.41. The van der Waals surface area contributed by atoms with Crippen LogP contribution in [-0.2, 0) is 14.0 Å². The van der Waals surface area contributed by atoms with Crippen LogP contribution in [0.5, 0.6) is 0 Å². The molecule has 2 fully saturated rings. The molecular formula is C19H35NO4Si. The monoisotopic (exact) mass is 369 g/mol. The van der Waals surface area contributed by atoms with Gasteiger partial charge in [-0.25, -0.2) is 9.69 Å². The fourth-order valence-corrected chi connectivity index (χ4v) is 6.93. The standard InChI is InChI=1S/C19H35NO4Si/c1-7-25(8-2,9-3)24-16-15(14-12-10-11-13-14)20(17(16)21)18(22)23-19(4,5)6/h14-16H,7-13H2,1-6H3/t15-,16+/m0/s1. The smallest absolute Gasteiger partial charge is 0.417 e. The minimum absolute atomic E-state index is 0.138. The summed E-state index contributed by atoms with van der Waals surface area (Å²) < 4.78 is 12.0. The SMILES string of the molecule is CC[Si](CC)(CC)O[C@H]1C(=O)N(C(=O)OC(C)(C)C)[C@H]1C1CCCC1. The van der Waals surface area contributed by atoms with Gasteiger partial charge in [0.2, 0.25) is 0 Å².